The summed E-state index contributed by atoms with van der Waals surface area (Å²) < 4.78 is 2.05. The van der Waals surface area contributed by atoms with Crippen molar-refractivity contribution < 1.29 is 4.79 Å². The number of fused-ring (bicyclic) bond motifs is 3. The molecule has 0 bridgehead atoms. The highest BCUT2D eigenvalue weighted by Gasteiger charge is 2.18. The van der Waals surface area contributed by atoms with Gasteiger partial charge in [-0.2, -0.15) is 0 Å². The zero-order valence-electron chi connectivity index (χ0n) is 11.7. The zero-order chi connectivity index (χ0) is 14.4. The number of hydrogen-bond acceptors (Lipinski definition) is 3. The van der Waals surface area contributed by atoms with E-state index in [0.29, 0.717) is 6.54 Å². The third-order valence-electron chi connectivity index (χ3n) is 4.04. The van der Waals surface area contributed by atoms with Gasteiger partial charge in [-0.3, -0.25) is 9.20 Å². The summed E-state index contributed by atoms with van der Waals surface area (Å²) in [5.41, 5.74) is 5.03. The lowest BCUT2D eigenvalue weighted by atomic mass is 10.0. The monoisotopic (exact) mass is 281 g/mol. The van der Waals surface area contributed by atoms with Gasteiger partial charge in [0.25, 0.3) is 0 Å². The fourth-order valence-corrected chi connectivity index (χ4v) is 2.87. The van der Waals surface area contributed by atoms with Crippen LogP contribution in [0, 0.1) is 0 Å². The number of nitrogens with zero attached hydrogens (tertiary/aromatic N) is 4. The summed E-state index contributed by atoms with van der Waals surface area (Å²) >= 11 is 0. The SMILES string of the molecule is CC(=O)N1CC=C(c2ncn3c2cnc2[nH]ccc23)CC1. The van der Waals surface area contributed by atoms with Crippen LogP contribution < -0.4 is 0 Å². The molecule has 0 saturated heterocycles. The number of aromatic amines is 1. The van der Waals surface area contributed by atoms with Crippen LogP contribution in [-0.2, 0) is 4.79 Å². The molecular formula is C15H15N5O. The molecule has 4 rings (SSSR count). The number of carbonyl (C=O) groups excluding carboxylic acids is 1. The predicted molar refractivity (Wildman–Crippen MR) is 79.7 cm³/mol. The zero-order valence-corrected chi connectivity index (χ0v) is 11.7. The van der Waals surface area contributed by atoms with Gasteiger partial charge < -0.3 is 9.88 Å². The molecule has 0 aliphatic carbocycles. The van der Waals surface area contributed by atoms with E-state index in [4.69, 9.17) is 0 Å². The van der Waals surface area contributed by atoms with Gasteiger partial charge in [0.15, 0.2) is 5.65 Å². The van der Waals surface area contributed by atoms with E-state index >= 15 is 0 Å². The molecule has 1 N–H and O–H groups in total. The van der Waals surface area contributed by atoms with Gasteiger partial charge in [0.1, 0.15) is 6.33 Å². The quantitative estimate of drug-likeness (QED) is 0.740. The molecule has 1 aliphatic heterocycles. The number of carbonyl (C=O) groups is 1. The van der Waals surface area contributed by atoms with Crippen LogP contribution in [0.3, 0.4) is 0 Å². The number of imidazole rings is 1. The smallest absolute Gasteiger partial charge is 0.219 e. The Morgan fingerprint density at radius 1 is 1.33 bits per heavy atom. The molecule has 4 heterocycles. The lowest BCUT2D eigenvalue weighted by molar-refractivity contribution is -0.128. The second-order valence-electron chi connectivity index (χ2n) is 5.26. The maximum atomic E-state index is 11.4. The van der Waals surface area contributed by atoms with Gasteiger partial charge in [-0.25, -0.2) is 9.97 Å². The van der Waals surface area contributed by atoms with E-state index in [1.165, 1.54) is 5.57 Å². The van der Waals surface area contributed by atoms with E-state index < -0.39 is 0 Å². The summed E-state index contributed by atoms with van der Waals surface area (Å²) in [5, 5.41) is 0. The van der Waals surface area contributed by atoms with Gasteiger partial charge >= 0.3 is 0 Å². The molecule has 3 aromatic heterocycles. The summed E-state index contributed by atoms with van der Waals surface area (Å²) in [6.07, 6.45) is 8.48. The molecule has 0 radical (unpaired) electrons. The Labute approximate surface area is 121 Å². The fourth-order valence-electron chi connectivity index (χ4n) is 2.87. The number of nitrogens with one attached hydrogen (secondary N) is 1. The molecule has 0 spiro atoms. The van der Waals surface area contributed by atoms with Gasteiger partial charge in [0.05, 0.1) is 22.9 Å². The van der Waals surface area contributed by atoms with Gasteiger partial charge in [-0.05, 0) is 18.1 Å². The molecule has 6 heteroatoms. The second kappa shape index (κ2) is 4.44. The fraction of sp³-hybridized carbons (Fsp3) is 0.267. The Morgan fingerprint density at radius 3 is 3.00 bits per heavy atom. The number of hydrogen-bond donors (Lipinski definition) is 1. The van der Waals surface area contributed by atoms with Crippen molar-refractivity contribution in [3.05, 3.63) is 36.6 Å². The van der Waals surface area contributed by atoms with E-state index in [9.17, 15) is 4.79 Å². The van der Waals surface area contributed by atoms with Crippen LogP contribution in [0.15, 0.2) is 30.9 Å². The van der Waals surface area contributed by atoms with Crippen molar-refractivity contribution in [2.75, 3.05) is 13.1 Å². The molecule has 0 atom stereocenters. The summed E-state index contributed by atoms with van der Waals surface area (Å²) in [4.78, 5) is 25.3. The molecule has 1 aliphatic rings. The third-order valence-corrected chi connectivity index (χ3v) is 4.04. The van der Waals surface area contributed by atoms with E-state index in [1.807, 2.05) is 34.1 Å². The highest BCUT2D eigenvalue weighted by atomic mass is 16.2. The highest BCUT2D eigenvalue weighted by Crippen LogP contribution is 2.26. The minimum Gasteiger partial charge on any atom is -0.345 e. The van der Waals surface area contributed by atoms with E-state index in [-0.39, 0.29) is 5.91 Å². The molecular weight excluding hydrogens is 266 g/mol. The van der Waals surface area contributed by atoms with Gasteiger partial charge in [0, 0.05) is 26.2 Å². The largest absolute Gasteiger partial charge is 0.345 e. The van der Waals surface area contributed by atoms with Crippen LogP contribution in [0.25, 0.3) is 22.3 Å². The van der Waals surface area contributed by atoms with Crippen molar-refractivity contribution in [3.63, 3.8) is 0 Å². The molecule has 0 aromatic carbocycles. The molecule has 106 valence electrons. The minimum absolute atomic E-state index is 0.121. The van der Waals surface area contributed by atoms with Crippen molar-refractivity contribution in [1.82, 2.24) is 24.3 Å². The number of aromatic nitrogens is 4. The first-order valence-corrected chi connectivity index (χ1v) is 6.98. The minimum atomic E-state index is 0.121. The van der Waals surface area contributed by atoms with Gasteiger partial charge in [0.2, 0.25) is 5.91 Å². The van der Waals surface area contributed by atoms with E-state index in [0.717, 1.165) is 35.3 Å². The summed E-state index contributed by atoms with van der Waals surface area (Å²) in [6, 6.07) is 1.99. The lowest BCUT2D eigenvalue weighted by Gasteiger charge is -2.24. The van der Waals surface area contributed by atoms with Crippen molar-refractivity contribution >= 4 is 28.2 Å². The summed E-state index contributed by atoms with van der Waals surface area (Å²) in [5.74, 6) is 0.121. The Balaban J connectivity index is 1.79. The Bertz CT molecular complexity index is 873. The van der Waals surface area contributed by atoms with Crippen molar-refractivity contribution in [3.8, 4) is 0 Å². The molecule has 6 nitrogen and oxygen atoms in total. The standard InChI is InChI=1S/C15H15N5O/c1-10(21)19-6-3-11(4-7-19)14-13-8-17-15-12(2-5-16-15)20(13)9-18-14/h2-3,5,8-9,16H,4,6-7H2,1H3. The van der Waals surface area contributed by atoms with Gasteiger partial charge in [-0.15, -0.1) is 0 Å². The molecule has 0 saturated carbocycles. The van der Waals surface area contributed by atoms with Gasteiger partial charge in [-0.1, -0.05) is 6.08 Å². The summed E-state index contributed by atoms with van der Waals surface area (Å²) in [6.45, 7) is 3.01. The average molecular weight is 281 g/mol. The van der Waals surface area contributed by atoms with Crippen LogP contribution >= 0.6 is 0 Å². The first kappa shape index (κ1) is 12.1. The molecule has 0 fully saturated rings. The maximum absolute atomic E-state index is 11.4. The molecule has 0 unspecified atom stereocenters. The van der Waals surface area contributed by atoms with Crippen molar-refractivity contribution in [2.45, 2.75) is 13.3 Å². The summed E-state index contributed by atoms with van der Waals surface area (Å²) in [7, 11) is 0. The van der Waals surface area contributed by atoms with Crippen LogP contribution in [0.5, 0.6) is 0 Å². The highest BCUT2D eigenvalue weighted by molar-refractivity contribution is 5.83. The first-order chi connectivity index (χ1) is 10.2. The average Bonchev–Trinajstić information content (AvgIpc) is 3.13. The number of amides is 1. The molecule has 1 amide bonds. The van der Waals surface area contributed by atoms with E-state index in [1.54, 1.807) is 6.92 Å². The predicted octanol–water partition coefficient (Wildman–Crippen LogP) is 1.85. The molecule has 21 heavy (non-hydrogen) atoms. The topological polar surface area (TPSA) is 66.3 Å². The number of rotatable bonds is 1. The lowest BCUT2D eigenvalue weighted by Crippen LogP contribution is -2.32. The number of H-pyrrole nitrogens is 1. The van der Waals surface area contributed by atoms with Crippen LogP contribution in [0.4, 0.5) is 0 Å². The van der Waals surface area contributed by atoms with Crippen LogP contribution in [0.1, 0.15) is 19.0 Å². The normalized spacial score (nSPS) is 15.7. The Kier molecular flexibility index (Phi) is 2.57. The molecule has 3 aromatic rings. The Morgan fingerprint density at radius 2 is 2.24 bits per heavy atom. The van der Waals surface area contributed by atoms with Crippen molar-refractivity contribution in [1.29, 1.82) is 0 Å². The second-order valence-corrected chi connectivity index (χ2v) is 5.26. The van der Waals surface area contributed by atoms with Crippen LogP contribution in [0.2, 0.25) is 0 Å². The third kappa shape index (κ3) is 1.83. The maximum Gasteiger partial charge on any atom is 0.219 e. The Hall–Kier alpha value is -2.63. The first-order valence-electron chi connectivity index (χ1n) is 6.98. The van der Waals surface area contributed by atoms with Crippen molar-refractivity contribution in [2.24, 2.45) is 0 Å². The van der Waals surface area contributed by atoms with Crippen LogP contribution in [-0.4, -0.2) is 43.2 Å². The van der Waals surface area contributed by atoms with E-state index in [2.05, 4.69) is 21.0 Å².